The van der Waals surface area contributed by atoms with Gasteiger partial charge < -0.3 is 16.3 Å². The van der Waals surface area contributed by atoms with E-state index in [0.29, 0.717) is 5.56 Å². The normalized spacial score (nSPS) is 13.9. The number of carbonyl (C=O) groups is 1. The number of hydrogen-bond donors (Lipinski definition) is 3. The molecule has 1 atom stereocenters. The molecule has 1 aromatic carbocycles. The van der Waals surface area contributed by atoms with Gasteiger partial charge in [0.05, 0.1) is 0 Å². The first kappa shape index (κ1) is 14.8. The minimum Gasteiger partial charge on any atom is -0.409 e. The summed E-state index contributed by atoms with van der Waals surface area (Å²) in [6, 6.07) is 6.88. The summed E-state index contributed by atoms with van der Waals surface area (Å²) in [6.45, 7) is 0. The third-order valence-electron chi connectivity index (χ3n) is 2.21. The van der Waals surface area contributed by atoms with Gasteiger partial charge in [0.15, 0.2) is 5.84 Å². The fraction of sp³-hybridized carbons (Fsp3) is 0.273. The number of nitrogens with two attached hydrogens (primary N) is 1. The van der Waals surface area contributed by atoms with Crippen molar-refractivity contribution >= 4 is 11.7 Å². The highest BCUT2D eigenvalue weighted by Crippen LogP contribution is 2.20. The Morgan fingerprint density at radius 1 is 1.37 bits per heavy atom. The lowest BCUT2D eigenvalue weighted by Crippen LogP contribution is -2.39. The first-order valence-electron chi connectivity index (χ1n) is 5.22. The van der Waals surface area contributed by atoms with E-state index in [2.05, 4.69) is 10.5 Å². The van der Waals surface area contributed by atoms with Gasteiger partial charge in [-0.1, -0.05) is 35.5 Å². The number of halogens is 3. The molecular weight excluding hydrogens is 263 g/mol. The van der Waals surface area contributed by atoms with Crippen LogP contribution in [0.2, 0.25) is 0 Å². The third-order valence-corrected chi connectivity index (χ3v) is 2.21. The lowest BCUT2D eigenvalue weighted by molar-refractivity contribution is -0.154. The number of benzene rings is 1. The molecule has 0 saturated heterocycles. The third kappa shape index (κ3) is 4.86. The molecule has 0 fully saturated rings. The van der Waals surface area contributed by atoms with Crippen molar-refractivity contribution in [2.45, 2.75) is 18.6 Å². The number of nitrogens with zero attached hydrogens (tertiary/aromatic N) is 1. The summed E-state index contributed by atoms with van der Waals surface area (Å²) < 4.78 is 36.2. The highest BCUT2D eigenvalue weighted by molar-refractivity contribution is 5.91. The number of amides is 1. The molecule has 0 saturated carbocycles. The van der Waals surface area contributed by atoms with Gasteiger partial charge in [-0.25, -0.2) is 0 Å². The quantitative estimate of drug-likeness (QED) is 0.337. The van der Waals surface area contributed by atoms with Gasteiger partial charge in [0.2, 0.25) is 5.91 Å². The minimum absolute atomic E-state index is 0.401. The van der Waals surface area contributed by atoms with E-state index < -0.39 is 30.4 Å². The molecule has 1 rings (SSSR count). The lowest BCUT2D eigenvalue weighted by Gasteiger charge is -2.18. The summed E-state index contributed by atoms with van der Waals surface area (Å²) in [5, 5.41) is 13.4. The molecule has 19 heavy (non-hydrogen) atoms. The van der Waals surface area contributed by atoms with Crippen molar-refractivity contribution in [2.75, 3.05) is 0 Å². The monoisotopic (exact) mass is 275 g/mol. The first-order valence-corrected chi connectivity index (χ1v) is 5.22. The van der Waals surface area contributed by atoms with Gasteiger partial charge in [0.1, 0.15) is 12.5 Å². The molecule has 0 spiro atoms. The van der Waals surface area contributed by atoms with Crippen molar-refractivity contribution in [1.82, 2.24) is 5.32 Å². The SMILES string of the molecule is N/C(=N/O)C(NC(=O)CC(F)(F)F)c1ccccc1. The minimum atomic E-state index is -4.61. The van der Waals surface area contributed by atoms with Crippen molar-refractivity contribution in [3.63, 3.8) is 0 Å². The van der Waals surface area contributed by atoms with Crippen LogP contribution < -0.4 is 11.1 Å². The zero-order chi connectivity index (χ0) is 14.5. The molecule has 0 aliphatic carbocycles. The second-order valence-corrected chi connectivity index (χ2v) is 3.73. The number of carbonyl (C=O) groups excluding carboxylic acids is 1. The number of amidine groups is 1. The summed E-state index contributed by atoms with van der Waals surface area (Å²) in [6.07, 6.45) is -6.24. The van der Waals surface area contributed by atoms with Crippen molar-refractivity contribution < 1.29 is 23.2 Å². The maximum absolute atomic E-state index is 12.1. The molecule has 8 heteroatoms. The smallest absolute Gasteiger partial charge is 0.397 e. The zero-order valence-corrected chi connectivity index (χ0v) is 9.69. The van der Waals surface area contributed by atoms with E-state index in [-0.39, 0.29) is 0 Å². The molecule has 5 nitrogen and oxygen atoms in total. The van der Waals surface area contributed by atoms with Gasteiger partial charge in [-0.2, -0.15) is 13.2 Å². The number of hydrogen-bond acceptors (Lipinski definition) is 3. The Balaban J connectivity index is 2.86. The van der Waals surface area contributed by atoms with Crippen molar-refractivity contribution in [2.24, 2.45) is 10.9 Å². The Morgan fingerprint density at radius 3 is 2.42 bits per heavy atom. The van der Waals surface area contributed by atoms with E-state index in [9.17, 15) is 18.0 Å². The first-order chi connectivity index (χ1) is 8.83. The van der Waals surface area contributed by atoms with Crippen LogP contribution in [-0.2, 0) is 4.79 Å². The Hall–Kier alpha value is -2.25. The second-order valence-electron chi connectivity index (χ2n) is 3.73. The van der Waals surface area contributed by atoms with Crippen molar-refractivity contribution in [3.8, 4) is 0 Å². The van der Waals surface area contributed by atoms with Crippen LogP contribution in [0.3, 0.4) is 0 Å². The number of nitrogens with one attached hydrogen (secondary N) is 1. The standard InChI is InChI=1S/C11H12F3N3O2/c12-11(13,14)6-8(18)16-9(10(15)17-19)7-4-2-1-3-5-7/h1-5,9,19H,6H2,(H2,15,17)(H,16,18). The lowest BCUT2D eigenvalue weighted by atomic mass is 10.1. The second kappa shape index (κ2) is 6.07. The van der Waals surface area contributed by atoms with Crippen molar-refractivity contribution in [3.05, 3.63) is 35.9 Å². The molecule has 1 unspecified atom stereocenters. The zero-order valence-electron chi connectivity index (χ0n) is 9.69. The molecule has 104 valence electrons. The molecule has 0 aliphatic rings. The van der Waals surface area contributed by atoms with Crippen LogP contribution in [0.15, 0.2) is 35.5 Å². The maximum Gasteiger partial charge on any atom is 0.397 e. The van der Waals surface area contributed by atoms with Crippen LogP contribution in [0.4, 0.5) is 13.2 Å². The predicted octanol–water partition coefficient (Wildman–Crippen LogP) is 1.54. The van der Waals surface area contributed by atoms with E-state index in [4.69, 9.17) is 10.9 Å². The topological polar surface area (TPSA) is 87.7 Å². The summed E-state index contributed by atoms with van der Waals surface area (Å²) in [4.78, 5) is 11.2. The van der Waals surface area contributed by atoms with Gasteiger partial charge in [-0.3, -0.25) is 4.79 Å². The van der Waals surface area contributed by atoms with Crippen LogP contribution in [0.5, 0.6) is 0 Å². The number of alkyl halides is 3. The summed E-state index contributed by atoms with van der Waals surface area (Å²) >= 11 is 0. The highest BCUT2D eigenvalue weighted by Gasteiger charge is 2.32. The van der Waals surface area contributed by atoms with Crippen LogP contribution >= 0.6 is 0 Å². The molecule has 0 aliphatic heterocycles. The van der Waals surface area contributed by atoms with Gasteiger partial charge in [-0.05, 0) is 5.56 Å². The fourth-order valence-electron chi connectivity index (χ4n) is 1.43. The maximum atomic E-state index is 12.1. The average molecular weight is 275 g/mol. The van der Waals surface area contributed by atoms with E-state index in [1.54, 1.807) is 18.2 Å². The van der Waals surface area contributed by atoms with Crippen LogP contribution in [0, 0.1) is 0 Å². The molecule has 4 N–H and O–H groups in total. The number of rotatable bonds is 4. The van der Waals surface area contributed by atoms with Crippen LogP contribution in [-0.4, -0.2) is 23.1 Å². The van der Waals surface area contributed by atoms with E-state index in [0.717, 1.165) is 0 Å². The molecule has 0 heterocycles. The summed E-state index contributed by atoms with van der Waals surface area (Å²) in [5.41, 5.74) is 5.78. The average Bonchev–Trinajstić information content (AvgIpc) is 2.34. The largest absolute Gasteiger partial charge is 0.409 e. The molecule has 0 aromatic heterocycles. The Labute approximate surface area is 106 Å². The molecule has 0 radical (unpaired) electrons. The fourth-order valence-corrected chi connectivity index (χ4v) is 1.43. The van der Waals surface area contributed by atoms with Crippen LogP contribution in [0.25, 0.3) is 0 Å². The summed E-state index contributed by atoms with van der Waals surface area (Å²) in [7, 11) is 0. The number of oxime groups is 1. The molecule has 1 aromatic rings. The van der Waals surface area contributed by atoms with Gasteiger partial charge >= 0.3 is 6.18 Å². The molecule has 0 bridgehead atoms. The van der Waals surface area contributed by atoms with Crippen LogP contribution in [0.1, 0.15) is 18.0 Å². The van der Waals surface area contributed by atoms with E-state index in [1.165, 1.54) is 12.1 Å². The summed E-state index contributed by atoms with van der Waals surface area (Å²) in [5.74, 6) is -1.66. The van der Waals surface area contributed by atoms with E-state index in [1.807, 2.05) is 0 Å². The van der Waals surface area contributed by atoms with Gasteiger partial charge in [0, 0.05) is 0 Å². The highest BCUT2D eigenvalue weighted by atomic mass is 19.4. The van der Waals surface area contributed by atoms with Crippen molar-refractivity contribution in [1.29, 1.82) is 0 Å². The Morgan fingerprint density at radius 2 is 1.95 bits per heavy atom. The van der Waals surface area contributed by atoms with Gasteiger partial charge in [-0.15, -0.1) is 0 Å². The Kier molecular flexibility index (Phi) is 4.74. The Bertz CT molecular complexity index is 460. The molecular formula is C11H12F3N3O2. The van der Waals surface area contributed by atoms with E-state index >= 15 is 0 Å². The predicted molar refractivity (Wildman–Crippen MR) is 61.4 cm³/mol. The molecule has 1 amide bonds. The van der Waals surface area contributed by atoms with Gasteiger partial charge in [0.25, 0.3) is 0 Å².